The molecule has 88 valence electrons. The Bertz CT molecular complexity index is 401. The molecule has 5 nitrogen and oxygen atoms in total. The van der Waals surface area contributed by atoms with E-state index in [-0.39, 0.29) is 18.5 Å². The van der Waals surface area contributed by atoms with Crippen LogP contribution in [0.3, 0.4) is 0 Å². The zero-order chi connectivity index (χ0) is 12.3. The van der Waals surface area contributed by atoms with E-state index in [0.29, 0.717) is 5.69 Å². The van der Waals surface area contributed by atoms with E-state index >= 15 is 0 Å². The summed E-state index contributed by atoms with van der Waals surface area (Å²) >= 11 is 3.22. The summed E-state index contributed by atoms with van der Waals surface area (Å²) in [5, 5.41) is 8.72. The fourth-order valence-corrected chi connectivity index (χ4v) is 1.62. The number of nitrogens with zero attached hydrogens (tertiary/aromatic N) is 1. The van der Waals surface area contributed by atoms with E-state index in [9.17, 15) is 9.59 Å². The van der Waals surface area contributed by atoms with Crippen molar-refractivity contribution in [1.82, 2.24) is 9.88 Å². The number of hydrogen-bond donors (Lipinski definition) is 2. The molecule has 2 N–H and O–H groups in total. The van der Waals surface area contributed by atoms with Gasteiger partial charge < -0.3 is 15.0 Å². The third kappa shape index (κ3) is 3.10. The lowest BCUT2D eigenvalue weighted by atomic mass is 10.2. The van der Waals surface area contributed by atoms with Crippen LogP contribution in [0.4, 0.5) is 0 Å². The van der Waals surface area contributed by atoms with E-state index in [0.717, 1.165) is 4.47 Å². The maximum absolute atomic E-state index is 11.9. The molecule has 0 bridgehead atoms. The predicted molar refractivity (Wildman–Crippen MR) is 62.3 cm³/mol. The predicted octanol–water partition coefficient (Wildman–Crippen LogP) is 1.71. The standard InChI is InChI=1S/C10H13BrN2O3/c1-6(2)13(5-9(14)15)10(16)8-3-7(11)4-12-8/h3-4,6,12H,5H2,1-2H3,(H,14,15). The van der Waals surface area contributed by atoms with E-state index in [2.05, 4.69) is 20.9 Å². The molecule has 1 aromatic heterocycles. The summed E-state index contributed by atoms with van der Waals surface area (Å²) in [4.78, 5) is 26.7. The maximum atomic E-state index is 11.9. The minimum Gasteiger partial charge on any atom is -0.480 e. The lowest BCUT2D eigenvalue weighted by molar-refractivity contribution is -0.138. The van der Waals surface area contributed by atoms with Gasteiger partial charge in [0.15, 0.2) is 0 Å². The Hall–Kier alpha value is -1.30. The van der Waals surface area contributed by atoms with Gasteiger partial charge in [-0.05, 0) is 35.8 Å². The molecule has 0 aliphatic rings. The first-order valence-electron chi connectivity index (χ1n) is 4.78. The van der Waals surface area contributed by atoms with Crippen molar-refractivity contribution in [3.8, 4) is 0 Å². The Morgan fingerprint density at radius 1 is 1.56 bits per heavy atom. The zero-order valence-corrected chi connectivity index (χ0v) is 10.6. The highest BCUT2D eigenvalue weighted by Crippen LogP contribution is 2.13. The third-order valence-electron chi connectivity index (χ3n) is 2.07. The van der Waals surface area contributed by atoms with Crippen molar-refractivity contribution in [2.45, 2.75) is 19.9 Å². The molecule has 0 radical (unpaired) electrons. The average Bonchev–Trinajstić information content (AvgIpc) is 2.59. The number of aromatic amines is 1. The summed E-state index contributed by atoms with van der Waals surface area (Å²) in [6.45, 7) is 3.25. The molecule has 1 rings (SSSR count). The number of carboxylic acids is 1. The highest BCUT2D eigenvalue weighted by atomic mass is 79.9. The number of carboxylic acid groups (broad SMARTS) is 1. The second-order valence-electron chi connectivity index (χ2n) is 3.65. The van der Waals surface area contributed by atoms with Crippen LogP contribution in [0.2, 0.25) is 0 Å². The number of halogens is 1. The van der Waals surface area contributed by atoms with Crippen LogP contribution in [0.1, 0.15) is 24.3 Å². The molecule has 1 heterocycles. The van der Waals surface area contributed by atoms with Crippen LogP contribution in [0.15, 0.2) is 16.7 Å². The normalized spacial score (nSPS) is 10.5. The van der Waals surface area contributed by atoms with Gasteiger partial charge >= 0.3 is 5.97 Å². The summed E-state index contributed by atoms with van der Waals surface area (Å²) in [6.07, 6.45) is 1.63. The molecule has 1 amide bonds. The molecule has 0 aromatic carbocycles. The highest BCUT2D eigenvalue weighted by molar-refractivity contribution is 9.10. The molecule has 0 saturated heterocycles. The van der Waals surface area contributed by atoms with Crippen LogP contribution < -0.4 is 0 Å². The Labute approximate surface area is 102 Å². The van der Waals surface area contributed by atoms with Crippen LogP contribution in [-0.2, 0) is 4.79 Å². The molecule has 0 unspecified atom stereocenters. The number of carbonyl (C=O) groups is 2. The molecule has 0 fully saturated rings. The molecule has 0 atom stereocenters. The Balaban J connectivity index is 2.87. The molecule has 0 spiro atoms. The highest BCUT2D eigenvalue weighted by Gasteiger charge is 2.22. The van der Waals surface area contributed by atoms with Crippen molar-refractivity contribution in [2.24, 2.45) is 0 Å². The van der Waals surface area contributed by atoms with Crippen LogP contribution in [0.5, 0.6) is 0 Å². The molecular weight excluding hydrogens is 276 g/mol. The van der Waals surface area contributed by atoms with Gasteiger partial charge in [0.2, 0.25) is 0 Å². The van der Waals surface area contributed by atoms with Crippen molar-refractivity contribution in [2.75, 3.05) is 6.54 Å². The lowest BCUT2D eigenvalue weighted by Gasteiger charge is -2.24. The van der Waals surface area contributed by atoms with Crippen LogP contribution in [-0.4, -0.2) is 39.5 Å². The second kappa shape index (κ2) is 5.16. The van der Waals surface area contributed by atoms with E-state index < -0.39 is 5.97 Å². The van der Waals surface area contributed by atoms with E-state index in [1.54, 1.807) is 26.1 Å². The summed E-state index contributed by atoms with van der Waals surface area (Å²) < 4.78 is 0.759. The number of rotatable bonds is 4. The minimum atomic E-state index is -1.02. The van der Waals surface area contributed by atoms with E-state index in [1.165, 1.54) is 4.90 Å². The smallest absolute Gasteiger partial charge is 0.323 e. The first-order valence-corrected chi connectivity index (χ1v) is 5.57. The van der Waals surface area contributed by atoms with Crippen LogP contribution in [0, 0.1) is 0 Å². The fraction of sp³-hybridized carbons (Fsp3) is 0.400. The summed E-state index contributed by atoms with van der Waals surface area (Å²) in [7, 11) is 0. The minimum absolute atomic E-state index is 0.161. The van der Waals surface area contributed by atoms with Gasteiger partial charge in [0, 0.05) is 16.7 Å². The molecule has 1 aromatic rings. The summed E-state index contributed by atoms with van der Waals surface area (Å²) in [5.74, 6) is -1.34. The van der Waals surface area contributed by atoms with Gasteiger partial charge in [-0.1, -0.05) is 0 Å². The van der Waals surface area contributed by atoms with Gasteiger partial charge in [0.05, 0.1) is 0 Å². The topological polar surface area (TPSA) is 73.4 Å². The number of amides is 1. The number of aliphatic carboxylic acids is 1. The average molecular weight is 289 g/mol. The van der Waals surface area contributed by atoms with Gasteiger partial charge in [-0.25, -0.2) is 0 Å². The number of hydrogen-bond acceptors (Lipinski definition) is 2. The van der Waals surface area contributed by atoms with Crippen LogP contribution >= 0.6 is 15.9 Å². The summed E-state index contributed by atoms with van der Waals surface area (Å²) in [6, 6.07) is 1.46. The number of aromatic nitrogens is 1. The first kappa shape index (κ1) is 12.8. The van der Waals surface area contributed by atoms with Gasteiger partial charge in [0.1, 0.15) is 12.2 Å². The third-order valence-corrected chi connectivity index (χ3v) is 2.53. The largest absolute Gasteiger partial charge is 0.480 e. The van der Waals surface area contributed by atoms with E-state index in [4.69, 9.17) is 5.11 Å². The SMILES string of the molecule is CC(C)N(CC(=O)O)C(=O)c1cc(Br)c[nH]1. The van der Waals surface area contributed by atoms with Crippen LogP contribution in [0.25, 0.3) is 0 Å². The fourth-order valence-electron chi connectivity index (χ4n) is 1.28. The van der Waals surface area contributed by atoms with Crippen molar-refractivity contribution >= 4 is 27.8 Å². The van der Waals surface area contributed by atoms with E-state index in [1.807, 2.05) is 0 Å². The lowest BCUT2D eigenvalue weighted by Crippen LogP contribution is -2.40. The van der Waals surface area contributed by atoms with Gasteiger partial charge in [-0.3, -0.25) is 9.59 Å². The Morgan fingerprint density at radius 2 is 2.19 bits per heavy atom. The molecule has 0 saturated carbocycles. The van der Waals surface area contributed by atoms with Gasteiger partial charge in [-0.15, -0.1) is 0 Å². The van der Waals surface area contributed by atoms with Crippen molar-refractivity contribution in [3.63, 3.8) is 0 Å². The number of carbonyl (C=O) groups excluding carboxylic acids is 1. The van der Waals surface area contributed by atoms with Gasteiger partial charge in [0.25, 0.3) is 5.91 Å². The maximum Gasteiger partial charge on any atom is 0.323 e. The molecule has 6 heteroatoms. The molecule has 0 aliphatic heterocycles. The second-order valence-corrected chi connectivity index (χ2v) is 4.57. The molecule has 16 heavy (non-hydrogen) atoms. The van der Waals surface area contributed by atoms with Crippen molar-refractivity contribution in [3.05, 3.63) is 22.4 Å². The molecular formula is C10H13BrN2O3. The summed E-state index contributed by atoms with van der Waals surface area (Å²) in [5.41, 5.74) is 0.377. The number of nitrogens with one attached hydrogen (secondary N) is 1. The Kier molecular flexibility index (Phi) is 4.12. The quantitative estimate of drug-likeness (QED) is 0.886. The molecule has 0 aliphatic carbocycles. The van der Waals surface area contributed by atoms with Gasteiger partial charge in [-0.2, -0.15) is 0 Å². The van der Waals surface area contributed by atoms with Crippen molar-refractivity contribution in [1.29, 1.82) is 0 Å². The Morgan fingerprint density at radius 3 is 2.56 bits per heavy atom. The zero-order valence-electron chi connectivity index (χ0n) is 9.03. The van der Waals surface area contributed by atoms with Crippen molar-refractivity contribution < 1.29 is 14.7 Å². The monoisotopic (exact) mass is 288 g/mol. The number of H-pyrrole nitrogens is 1. The first-order chi connectivity index (χ1) is 7.41.